The van der Waals surface area contributed by atoms with Crippen molar-refractivity contribution in [1.29, 1.82) is 0 Å². The van der Waals surface area contributed by atoms with Crippen LogP contribution in [0.3, 0.4) is 0 Å². The molecule has 2 bridgehead atoms. The number of rotatable bonds is 5. The Kier molecular flexibility index (Phi) is 3.56. The molecule has 0 aromatic carbocycles. The molecule has 0 spiro atoms. The van der Waals surface area contributed by atoms with E-state index in [2.05, 4.69) is 25.7 Å². The van der Waals surface area contributed by atoms with E-state index >= 15 is 0 Å². The molecule has 26 heavy (non-hydrogen) atoms. The van der Waals surface area contributed by atoms with Crippen LogP contribution in [0.1, 0.15) is 34.2 Å². The smallest absolute Gasteiger partial charge is 0.279 e. The monoisotopic (exact) mass is 350 g/mol. The molecule has 2 aliphatic heterocycles. The Hall–Kier alpha value is -3.00. The number of anilines is 1. The molecule has 2 N–H and O–H groups in total. The molecule has 1 saturated carbocycles. The van der Waals surface area contributed by atoms with Crippen molar-refractivity contribution in [2.75, 3.05) is 11.9 Å². The number of aromatic nitrogens is 4. The van der Waals surface area contributed by atoms with Gasteiger partial charge in [0.1, 0.15) is 5.76 Å². The lowest BCUT2D eigenvalue weighted by molar-refractivity contribution is 0.101. The van der Waals surface area contributed by atoms with Crippen molar-refractivity contribution >= 4 is 11.7 Å². The summed E-state index contributed by atoms with van der Waals surface area (Å²) in [5.74, 6) is 1.69. The van der Waals surface area contributed by atoms with Gasteiger partial charge in [-0.2, -0.15) is 5.10 Å². The molecule has 3 aromatic heterocycles. The summed E-state index contributed by atoms with van der Waals surface area (Å²) in [5, 5.41) is 10.7. The van der Waals surface area contributed by atoms with Gasteiger partial charge < -0.3 is 15.1 Å². The van der Waals surface area contributed by atoms with E-state index in [-0.39, 0.29) is 11.8 Å². The topological polar surface area (TPSA) is 97.9 Å². The van der Waals surface area contributed by atoms with E-state index in [4.69, 9.17) is 4.42 Å². The third kappa shape index (κ3) is 2.59. The van der Waals surface area contributed by atoms with Crippen molar-refractivity contribution in [2.24, 2.45) is 5.92 Å². The first kappa shape index (κ1) is 15.3. The fourth-order valence-corrected chi connectivity index (χ4v) is 3.90. The molecule has 6 rings (SSSR count). The standard InChI is InChI=1S/C18H18N6O2/c25-18(16-17(26-10-21-16)15-12-7-13(15)20-8-12)22-14-3-6-24(23-14)9-11-1-4-19-5-2-11/h1-6,10,12-13,15,20H,7-9H2,(H,22,23,25). The quantitative estimate of drug-likeness (QED) is 0.726. The zero-order valence-electron chi connectivity index (χ0n) is 14.0. The molecule has 3 atom stereocenters. The van der Waals surface area contributed by atoms with Gasteiger partial charge in [0.25, 0.3) is 5.91 Å². The summed E-state index contributed by atoms with van der Waals surface area (Å²) in [6, 6.07) is 6.04. The molecule has 132 valence electrons. The highest BCUT2D eigenvalue weighted by Gasteiger charge is 2.50. The lowest BCUT2D eigenvalue weighted by Gasteiger charge is -2.32. The molecule has 0 radical (unpaired) electrons. The number of nitrogens with one attached hydrogen (secondary N) is 2. The summed E-state index contributed by atoms with van der Waals surface area (Å²) in [6.45, 7) is 1.60. The van der Waals surface area contributed by atoms with E-state index in [0.717, 1.165) is 18.5 Å². The molecule has 2 saturated heterocycles. The lowest BCUT2D eigenvalue weighted by Crippen LogP contribution is -2.35. The molecule has 8 nitrogen and oxygen atoms in total. The molecule has 3 fully saturated rings. The number of carbonyl (C=O) groups excluding carboxylic acids is 1. The van der Waals surface area contributed by atoms with Crippen molar-refractivity contribution in [1.82, 2.24) is 25.1 Å². The Bertz CT molecular complexity index is 920. The summed E-state index contributed by atoms with van der Waals surface area (Å²) in [6.07, 6.45) is 7.82. The number of nitrogens with zero attached hydrogens (tertiary/aromatic N) is 4. The normalized spacial score (nSPS) is 23.6. The zero-order valence-corrected chi connectivity index (χ0v) is 14.0. The Labute approximate surface area is 149 Å². The van der Waals surface area contributed by atoms with Gasteiger partial charge in [0.15, 0.2) is 17.9 Å². The summed E-state index contributed by atoms with van der Waals surface area (Å²) in [7, 11) is 0. The summed E-state index contributed by atoms with van der Waals surface area (Å²) < 4.78 is 7.32. The molecule has 3 aliphatic rings. The average molecular weight is 350 g/mol. The van der Waals surface area contributed by atoms with Crippen LogP contribution in [0, 0.1) is 5.92 Å². The SMILES string of the molecule is O=C(Nc1ccn(Cc2ccncc2)n1)c1ncoc1C1C2CNC1C2. The van der Waals surface area contributed by atoms with Crippen LogP contribution in [-0.4, -0.2) is 38.2 Å². The van der Waals surface area contributed by atoms with Crippen LogP contribution in [0.2, 0.25) is 0 Å². The van der Waals surface area contributed by atoms with Crippen molar-refractivity contribution in [2.45, 2.75) is 24.9 Å². The second-order valence-electron chi connectivity index (χ2n) is 6.81. The van der Waals surface area contributed by atoms with E-state index in [1.54, 1.807) is 23.1 Å². The maximum atomic E-state index is 12.6. The minimum atomic E-state index is -0.283. The van der Waals surface area contributed by atoms with Gasteiger partial charge in [-0.25, -0.2) is 4.98 Å². The molecule has 8 heteroatoms. The molecular formula is C18H18N6O2. The van der Waals surface area contributed by atoms with Gasteiger partial charge in [-0.3, -0.25) is 14.5 Å². The Balaban J connectivity index is 1.29. The first-order chi connectivity index (χ1) is 12.8. The van der Waals surface area contributed by atoms with Crippen LogP contribution in [0.25, 0.3) is 0 Å². The highest BCUT2D eigenvalue weighted by atomic mass is 16.3. The van der Waals surface area contributed by atoms with Crippen LogP contribution >= 0.6 is 0 Å². The maximum absolute atomic E-state index is 12.6. The van der Waals surface area contributed by atoms with Crippen LogP contribution in [0.5, 0.6) is 0 Å². The largest absolute Gasteiger partial charge is 0.447 e. The van der Waals surface area contributed by atoms with Crippen molar-refractivity contribution in [3.8, 4) is 0 Å². The van der Waals surface area contributed by atoms with E-state index in [1.807, 2.05) is 18.3 Å². The fraction of sp³-hybridized carbons (Fsp3) is 0.333. The van der Waals surface area contributed by atoms with Crippen LogP contribution < -0.4 is 10.6 Å². The highest BCUT2D eigenvalue weighted by molar-refractivity contribution is 6.03. The number of carbonyl (C=O) groups is 1. The highest BCUT2D eigenvalue weighted by Crippen LogP contribution is 2.47. The average Bonchev–Trinajstić information content (AvgIpc) is 3.40. The van der Waals surface area contributed by atoms with Crippen molar-refractivity contribution in [3.63, 3.8) is 0 Å². The van der Waals surface area contributed by atoms with Gasteiger partial charge in [0, 0.05) is 36.6 Å². The van der Waals surface area contributed by atoms with Crippen LogP contribution in [0.4, 0.5) is 5.82 Å². The zero-order chi connectivity index (χ0) is 17.5. The first-order valence-corrected chi connectivity index (χ1v) is 8.68. The number of oxazole rings is 1. The number of hydrogen-bond acceptors (Lipinski definition) is 6. The molecule has 1 aliphatic carbocycles. The second-order valence-corrected chi connectivity index (χ2v) is 6.81. The lowest BCUT2D eigenvalue weighted by atomic mass is 9.72. The van der Waals surface area contributed by atoms with Gasteiger partial charge in [-0.1, -0.05) is 0 Å². The van der Waals surface area contributed by atoms with Gasteiger partial charge in [-0.15, -0.1) is 0 Å². The number of pyridine rings is 1. The van der Waals surface area contributed by atoms with E-state index in [0.29, 0.717) is 35.8 Å². The molecular weight excluding hydrogens is 332 g/mol. The molecule has 1 amide bonds. The second kappa shape index (κ2) is 6.06. The van der Waals surface area contributed by atoms with Gasteiger partial charge >= 0.3 is 0 Å². The maximum Gasteiger partial charge on any atom is 0.279 e. The third-order valence-electron chi connectivity index (χ3n) is 5.23. The Morgan fingerprint density at radius 2 is 2.23 bits per heavy atom. The van der Waals surface area contributed by atoms with Crippen LogP contribution in [0.15, 0.2) is 47.6 Å². The Morgan fingerprint density at radius 1 is 1.35 bits per heavy atom. The molecule has 3 unspecified atom stereocenters. The minimum absolute atomic E-state index is 0.252. The summed E-state index contributed by atoms with van der Waals surface area (Å²) >= 11 is 0. The minimum Gasteiger partial charge on any atom is -0.447 e. The predicted octanol–water partition coefficient (Wildman–Crippen LogP) is 1.64. The predicted molar refractivity (Wildman–Crippen MR) is 92.7 cm³/mol. The first-order valence-electron chi connectivity index (χ1n) is 8.68. The number of amides is 1. The summed E-state index contributed by atoms with van der Waals surface area (Å²) in [4.78, 5) is 20.8. The van der Waals surface area contributed by atoms with Crippen molar-refractivity contribution in [3.05, 3.63) is 60.2 Å². The van der Waals surface area contributed by atoms with Gasteiger partial charge in [0.2, 0.25) is 0 Å². The Morgan fingerprint density at radius 3 is 3.00 bits per heavy atom. The molecule has 5 heterocycles. The van der Waals surface area contributed by atoms with E-state index < -0.39 is 0 Å². The fourth-order valence-electron chi connectivity index (χ4n) is 3.90. The van der Waals surface area contributed by atoms with E-state index in [9.17, 15) is 4.79 Å². The van der Waals surface area contributed by atoms with Gasteiger partial charge in [-0.05, 0) is 36.6 Å². The molecule has 3 aromatic rings. The number of hydrogen-bond donors (Lipinski definition) is 2. The van der Waals surface area contributed by atoms with Gasteiger partial charge in [0.05, 0.1) is 6.54 Å². The summed E-state index contributed by atoms with van der Waals surface area (Å²) in [5.41, 5.74) is 1.45. The van der Waals surface area contributed by atoms with Crippen molar-refractivity contribution < 1.29 is 9.21 Å². The number of fused-ring (bicyclic) bond motifs is 1. The van der Waals surface area contributed by atoms with E-state index in [1.165, 1.54) is 6.39 Å². The van der Waals surface area contributed by atoms with Crippen LogP contribution in [-0.2, 0) is 6.54 Å². The third-order valence-corrected chi connectivity index (χ3v) is 5.23.